The molecule has 0 saturated carbocycles. The average molecular weight is 437 g/mol. The molecule has 8 nitrogen and oxygen atoms in total. The molecule has 1 aliphatic rings. The van der Waals surface area contributed by atoms with Gasteiger partial charge in [-0.3, -0.25) is 19.0 Å². The first kappa shape index (κ1) is 21.8. The standard InChI is InChI=1S/C20H22ClFN4O4/c1-24(2)19(29)16-12-5-7-25(10-11-3-4-14(22)13(21)9-11)18(28)15(12)17(27)20(30)26(16)8-6-23/h3-4,9,27H,5-8,10,23H2,1-2H3. The molecule has 1 aromatic heterocycles. The summed E-state index contributed by atoms with van der Waals surface area (Å²) in [5.41, 5.74) is 5.52. The SMILES string of the molecule is CN(C)C(=O)c1c2c(c(O)c(=O)n1CCN)C(=O)N(Cc1ccc(F)c(Cl)c1)CC2. The van der Waals surface area contributed by atoms with Crippen LogP contribution in [-0.2, 0) is 19.5 Å². The van der Waals surface area contributed by atoms with Gasteiger partial charge in [0.15, 0.2) is 5.75 Å². The van der Waals surface area contributed by atoms with Crippen LogP contribution in [0.25, 0.3) is 0 Å². The summed E-state index contributed by atoms with van der Waals surface area (Å²) in [6.07, 6.45) is 0.253. The van der Waals surface area contributed by atoms with Crippen LogP contribution in [0.4, 0.5) is 4.39 Å². The first-order valence-electron chi connectivity index (χ1n) is 9.30. The third kappa shape index (κ3) is 3.78. The highest BCUT2D eigenvalue weighted by atomic mass is 35.5. The van der Waals surface area contributed by atoms with Gasteiger partial charge in [-0.05, 0) is 24.1 Å². The lowest BCUT2D eigenvalue weighted by Crippen LogP contribution is -2.43. The molecule has 3 N–H and O–H groups in total. The fourth-order valence-corrected chi connectivity index (χ4v) is 3.75. The minimum absolute atomic E-state index is 0.0283. The Morgan fingerprint density at radius 1 is 1.33 bits per heavy atom. The summed E-state index contributed by atoms with van der Waals surface area (Å²) >= 11 is 5.81. The van der Waals surface area contributed by atoms with E-state index in [0.29, 0.717) is 11.1 Å². The van der Waals surface area contributed by atoms with Crippen LogP contribution in [0.3, 0.4) is 0 Å². The van der Waals surface area contributed by atoms with Crippen LogP contribution in [0, 0.1) is 5.82 Å². The van der Waals surface area contributed by atoms with Gasteiger partial charge < -0.3 is 20.6 Å². The van der Waals surface area contributed by atoms with Crippen LogP contribution < -0.4 is 11.3 Å². The number of aromatic nitrogens is 1. The molecule has 0 fully saturated rings. The molecule has 1 aromatic carbocycles. The van der Waals surface area contributed by atoms with Gasteiger partial charge in [0.2, 0.25) is 0 Å². The van der Waals surface area contributed by atoms with E-state index < -0.39 is 28.9 Å². The number of amides is 2. The third-order valence-electron chi connectivity index (χ3n) is 4.99. The Kier molecular flexibility index (Phi) is 6.14. The predicted molar refractivity (Wildman–Crippen MR) is 109 cm³/mol. The summed E-state index contributed by atoms with van der Waals surface area (Å²) in [5.74, 6) is -2.32. The normalized spacial score (nSPS) is 13.4. The highest BCUT2D eigenvalue weighted by Crippen LogP contribution is 2.29. The Bertz CT molecular complexity index is 1080. The van der Waals surface area contributed by atoms with Crippen LogP contribution in [-0.4, -0.2) is 58.5 Å². The van der Waals surface area contributed by atoms with Crippen molar-refractivity contribution in [2.24, 2.45) is 5.73 Å². The van der Waals surface area contributed by atoms with Crippen molar-refractivity contribution in [3.05, 3.63) is 61.8 Å². The van der Waals surface area contributed by atoms with Gasteiger partial charge in [-0.2, -0.15) is 0 Å². The third-order valence-corrected chi connectivity index (χ3v) is 5.28. The van der Waals surface area contributed by atoms with Crippen LogP contribution in [0.2, 0.25) is 5.02 Å². The number of fused-ring (bicyclic) bond motifs is 1. The molecule has 0 atom stereocenters. The van der Waals surface area contributed by atoms with Crippen LogP contribution in [0.15, 0.2) is 23.0 Å². The number of rotatable bonds is 5. The molecular weight excluding hydrogens is 415 g/mol. The zero-order chi connectivity index (χ0) is 22.2. The van der Waals surface area contributed by atoms with E-state index in [1.165, 1.54) is 42.1 Å². The van der Waals surface area contributed by atoms with E-state index in [1.807, 2.05) is 0 Å². The molecule has 0 bridgehead atoms. The summed E-state index contributed by atoms with van der Waals surface area (Å²) in [5, 5.41) is 10.4. The molecule has 2 heterocycles. The van der Waals surface area contributed by atoms with Crippen molar-refractivity contribution >= 4 is 23.4 Å². The Hall–Kier alpha value is -2.91. The van der Waals surface area contributed by atoms with Crippen LogP contribution >= 0.6 is 11.6 Å². The number of carbonyl (C=O) groups excluding carboxylic acids is 2. The van der Waals surface area contributed by atoms with E-state index in [1.54, 1.807) is 0 Å². The fraction of sp³-hybridized carbons (Fsp3) is 0.350. The highest BCUT2D eigenvalue weighted by Gasteiger charge is 2.35. The van der Waals surface area contributed by atoms with Crippen molar-refractivity contribution < 1.29 is 19.1 Å². The monoisotopic (exact) mass is 436 g/mol. The largest absolute Gasteiger partial charge is 0.502 e. The lowest BCUT2D eigenvalue weighted by Gasteiger charge is -2.31. The van der Waals surface area contributed by atoms with Gasteiger partial charge in [-0.1, -0.05) is 17.7 Å². The molecular formula is C20H22ClFN4O4. The summed E-state index contributed by atoms with van der Waals surface area (Å²) in [6, 6.07) is 4.13. The smallest absolute Gasteiger partial charge is 0.294 e. The molecule has 0 radical (unpaired) electrons. The second kappa shape index (κ2) is 8.45. The number of aromatic hydroxyl groups is 1. The first-order valence-corrected chi connectivity index (χ1v) is 9.68. The molecule has 0 spiro atoms. The molecule has 0 unspecified atom stereocenters. The number of pyridine rings is 1. The minimum Gasteiger partial charge on any atom is -0.502 e. The minimum atomic E-state index is -0.843. The molecule has 3 rings (SSSR count). The zero-order valence-electron chi connectivity index (χ0n) is 16.6. The lowest BCUT2D eigenvalue weighted by atomic mass is 9.95. The van der Waals surface area contributed by atoms with Crippen molar-refractivity contribution in [2.45, 2.75) is 19.5 Å². The summed E-state index contributed by atoms with van der Waals surface area (Å²) in [4.78, 5) is 41.4. The molecule has 30 heavy (non-hydrogen) atoms. The van der Waals surface area contributed by atoms with Crippen molar-refractivity contribution in [3.63, 3.8) is 0 Å². The predicted octanol–water partition coefficient (Wildman–Crippen LogP) is 1.21. The van der Waals surface area contributed by atoms with E-state index >= 15 is 0 Å². The van der Waals surface area contributed by atoms with E-state index in [9.17, 15) is 23.9 Å². The van der Waals surface area contributed by atoms with Gasteiger partial charge in [0.1, 0.15) is 11.5 Å². The van der Waals surface area contributed by atoms with E-state index in [2.05, 4.69) is 0 Å². The average Bonchev–Trinajstić information content (AvgIpc) is 2.70. The molecule has 0 saturated heterocycles. The number of nitrogens with two attached hydrogens (primary N) is 1. The number of benzene rings is 1. The van der Waals surface area contributed by atoms with Crippen LogP contribution in [0.1, 0.15) is 32.0 Å². The zero-order valence-corrected chi connectivity index (χ0v) is 17.4. The number of hydrogen-bond acceptors (Lipinski definition) is 5. The fourth-order valence-electron chi connectivity index (χ4n) is 3.55. The van der Waals surface area contributed by atoms with Crippen molar-refractivity contribution in [2.75, 3.05) is 27.2 Å². The van der Waals surface area contributed by atoms with E-state index in [0.717, 1.165) is 4.57 Å². The number of nitrogens with zero attached hydrogens (tertiary/aromatic N) is 3. The molecule has 160 valence electrons. The van der Waals surface area contributed by atoms with Gasteiger partial charge in [-0.15, -0.1) is 0 Å². The Balaban J connectivity index is 2.09. The Labute approximate surface area is 177 Å². The van der Waals surface area contributed by atoms with Gasteiger partial charge in [0.05, 0.1) is 10.6 Å². The van der Waals surface area contributed by atoms with Crippen molar-refractivity contribution in [1.29, 1.82) is 0 Å². The summed E-state index contributed by atoms with van der Waals surface area (Å²) in [7, 11) is 3.07. The van der Waals surface area contributed by atoms with Crippen LogP contribution in [0.5, 0.6) is 5.75 Å². The molecule has 2 amide bonds. The Morgan fingerprint density at radius 2 is 2.03 bits per heavy atom. The van der Waals surface area contributed by atoms with E-state index in [-0.39, 0.29) is 48.9 Å². The maximum absolute atomic E-state index is 13.4. The maximum atomic E-state index is 13.4. The van der Waals surface area contributed by atoms with E-state index in [4.69, 9.17) is 17.3 Å². The first-order chi connectivity index (χ1) is 14.2. The molecule has 2 aromatic rings. The second-order valence-electron chi connectivity index (χ2n) is 7.22. The quantitative estimate of drug-likeness (QED) is 0.732. The highest BCUT2D eigenvalue weighted by molar-refractivity contribution is 6.30. The molecule has 1 aliphatic heterocycles. The van der Waals surface area contributed by atoms with Crippen molar-refractivity contribution in [1.82, 2.24) is 14.4 Å². The summed E-state index contributed by atoms with van der Waals surface area (Å²) in [6.45, 7) is 0.465. The topological polar surface area (TPSA) is 109 Å². The van der Waals surface area contributed by atoms with Gasteiger partial charge in [0.25, 0.3) is 17.4 Å². The number of carbonyl (C=O) groups is 2. The summed E-state index contributed by atoms with van der Waals surface area (Å²) < 4.78 is 14.5. The van der Waals surface area contributed by atoms with Gasteiger partial charge in [0, 0.05) is 45.8 Å². The maximum Gasteiger partial charge on any atom is 0.294 e. The van der Waals surface area contributed by atoms with Gasteiger partial charge in [-0.25, -0.2) is 4.39 Å². The number of hydrogen-bond donors (Lipinski definition) is 2. The van der Waals surface area contributed by atoms with Crippen molar-refractivity contribution in [3.8, 4) is 5.75 Å². The second-order valence-corrected chi connectivity index (χ2v) is 7.63. The molecule has 0 aliphatic carbocycles. The molecule has 10 heteroatoms. The van der Waals surface area contributed by atoms with Gasteiger partial charge >= 0.3 is 0 Å². The lowest BCUT2D eigenvalue weighted by molar-refractivity contribution is 0.0719. The number of halogens is 2. The Morgan fingerprint density at radius 3 is 2.63 bits per heavy atom.